The zero-order valence-corrected chi connectivity index (χ0v) is 20.7. The second-order valence-electron chi connectivity index (χ2n) is 9.22. The second kappa shape index (κ2) is 10.2. The molecule has 1 aromatic carbocycles. The molecule has 2 aromatic heterocycles. The van der Waals surface area contributed by atoms with Crippen molar-refractivity contribution in [3.05, 3.63) is 46.1 Å². The Morgan fingerprint density at radius 1 is 1.11 bits per heavy atom. The van der Waals surface area contributed by atoms with E-state index < -0.39 is 0 Å². The van der Waals surface area contributed by atoms with Gasteiger partial charge in [0, 0.05) is 37.1 Å². The number of likely N-dealkylation sites (tertiary alicyclic amines) is 1. The zero-order valence-electron chi connectivity index (χ0n) is 19.9. The molecular weight excluding hydrogens is 464 g/mol. The number of carbonyl (C=O) groups is 2. The van der Waals surface area contributed by atoms with Gasteiger partial charge in [-0.25, -0.2) is 4.98 Å². The zero-order chi connectivity index (χ0) is 24.4. The van der Waals surface area contributed by atoms with E-state index in [1.807, 2.05) is 52.4 Å². The topological polar surface area (TPSA) is 95.6 Å². The molecule has 5 rings (SSSR count). The first-order valence-corrected chi connectivity index (χ1v) is 13.2. The molecule has 1 N–H and O–H groups in total. The molecule has 0 saturated carbocycles. The fourth-order valence-electron chi connectivity index (χ4n) is 5.11. The number of anilines is 1. The highest BCUT2D eigenvalue weighted by Crippen LogP contribution is 2.32. The molecule has 2 saturated heterocycles. The first-order valence-electron chi connectivity index (χ1n) is 12.3. The quantitative estimate of drug-likeness (QED) is 0.544. The van der Waals surface area contributed by atoms with Crippen molar-refractivity contribution in [1.82, 2.24) is 14.9 Å². The lowest BCUT2D eigenvalue weighted by molar-refractivity contribution is -0.151. The van der Waals surface area contributed by atoms with Crippen molar-refractivity contribution >= 4 is 39.4 Å². The Bertz CT molecular complexity index is 1260. The van der Waals surface area contributed by atoms with Crippen molar-refractivity contribution in [2.24, 2.45) is 11.8 Å². The van der Waals surface area contributed by atoms with Crippen LogP contribution in [0.25, 0.3) is 21.3 Å². The Hall–Kier alpha value is -3.20. The molecule has 1 atom stereocenters. The standard InChI is InChI=1S/C26H30N4O4S/c1-2-34-25(33)18-10-13-29(14-11-18)24(32)19-9-6-12-30(15-19)26-27-21-20(17-7-4-3-5-8-17)16-35-22(21)23(31)28-26/h3-5,7-8,16,18-19H,2,6,9-15H2,1H3,(H,27,28,31). The van der Waals surface area contributed by atoms with E-state index >= 15 is 0 Å². The number of aromatic nitrogens is 2. The van der Waals surface area contributed by atoms with E-state index in [9.17, 15) is 14.4 Å². The number of fused-ring (bicyclic) bond motifs is 1. The largest absolute Gasteiger partial charge is 0.466 e. The molecule has 2 aliphatic heterocycles. The van der Waals surface area contributed by atoms with Gasteiger partial charge in [-0.3, -0.25) is 19.4 Å². The van der Waals surface area contributed by atoms with Crippen LogP contribution in [0.5, 0.6) is 0 Å². The van der Waals surface area contributed by atoms with Crippen molar-refractivity contribution in [2.75, 3.05) is 37.7 Å². The van der Waals surface area contributed by atoms with E-state index in [4.69, 9.17) is 9.72 Å². The van der Waals surface area contributed by atoms with E-state index in [1.165, 1.54) is 11.3 Å². The van der Waals surface area contributed by atoms with Crippen LogP contribution in [0.2, 0.25) is 0 Å². The number of hydrogen-bond donors (Lipinski definition) is 1. The Labute approximate surface area is 207 Å². The molecule has 0 spiro atoms. The molecule has 1 amide bonds. The molecule has 3 aromatic rings. The van der Waals surface area contributed by atoms with E-state index in [0.29, 0.717) is 55.2 Å². The maximum atomic E-state index is 13.3. The summed E-state index contributed by atoms with van der Waals surface area (Å²) in [6.45, 7) is 4.62. The number of thiophene rings is 1. The van der Waals surface area contributed by atoms with Crippen molar-refractivity contribution < 1.29 is 14.3 Å². The molecular formula is C26H30N4O4S. The number of esters is 1. The van der Waals surface area contributed by atoms with E-state index in [1.54, 1.807) is 0 Å². The lowest BCUT2D eigenvalue weighted by atomic mass is 9.93. The van der Waals surface area contributed by atoms with Crippen molar-refractivity contribution in [1.29, 1.82) is 0 Å². The Morgan fingerprint density at radius 3 is 2.63 bits per heavy atom. The van der Waals surface area contributed by atoms with Crippen LogP contribution in [0.4, 0.5) is 5.95 Å². The van der Waals surface area contributed by atoms with Crippen LogP contribution in [-0.4, -0.2) is 59.5 Å². The number of nitrogens with one attached hydrogen (secondary N) is 1. The number of H-pyrrole nitrogens is 1. The SMILES string of the molecule is CCOC(=O)C1CCN(C(=O)C2CCCN(c3nc4c(-c5ccccc5)csc4c(=O)[nH]3)C2)CC1. The van der Waals surface area contributed by atoms with Gasteiger partial charge in [0.25, 0.3) is 5.56 Å². The summed E-state index contributed by atoms with van der Waals surface area (Å²) < 4.78 is 5.76. The summed E-state index contributed by atoms with van der Waals surface area (Å²) >= 11 is 1.40. The van der Waals surface area contributed by atoms with Gasteiger partial charge in [0.2, 0.25) is 11.9 Å². The maximum Gasteiger partial charge on any atom is 0.309 e. The van der Waals surface area contributed by atoms with Crippen molar-refractivity contribution in [3.63, 3.8) is 0 Å². The Balaban J connectivity index is 1.31. The monoisotopic (exact) mass is 494 g/mol. The molecule has 2 aliphatic rings. The van der Waals surface area contributed by atoms with Gasteiger partial charge in [0.1, 0.15) is 4.70 Å². The molecule has 0 radical (unpaired) electrons. The minimum absolute atomic E-state index is 0.118. The number of amides is 1. The van der Waals surface area contributed by atoms with E-state index in [2.05, 4.69) is 4.98 Å². The number of benzene rings is 1. The fraction of sp³-hybridized carbons (Fsp3) is 0.462. The Morgan fingerprint density at radius 2 is 1.89 bits per heavy atom. The number of aromatic amines is 1. The van der Waals surface area contributed by atoms with Crippen LogP contribution in [0.15, 0.2) is 40.5 Å². The Kier molecular flexibility index (Phi) is 6.86. The number of piperidine rings is 2. The van der Waals surface area contributed by atoms with Gasteiger partial charge in [0.05, 0.1) is 24.0 Å². The van der Waals surface area contributed by atoms with Crippen LogP contribution in [-0.2, 0) is 14.3 Å². The molecule has 35 heavy (non-hydrogen) atoms. The maximum absolute atomic E-state index is 13.3. The van der Waals surface area contributed by atoms with Crippen molar-refractivity contribution in [3.8, 4) is 11.1 Å². The van der Waals surface area contributed by atoms with Crippen LogP contribution < -0.4 is 10.5 Å². The molecule has 2 fully saturated rings. The molecule has 184 valence electrons. The molecule has 1 unspecified atom stereocenters. The van der Waals surface area contributed by atoms with Gasteiger partial charge in [-0.05, 0) is 38.2 Å². The van der Waals surface area contributed by atoms with E-state index in [-0.39, 0.29) is 29.3 Å². The number of rotatable bonds is 5. The van der Waals surface area contributed by atoms with Gasteiger partial charge in [-0.15, -0.1) is 11.3 Å². The average Bonchev–Trinajstić information content (AvgIpc) is 3.34. The fourth-order valence-corrected chi connectivity index (χ4v) is 6.02. The smallest absolute Gasteiger partial charge is 0.309 e. The highest BCUT2D eigenvalue weighted by Gasteiger charge is 2.34. The first kappa shape index (κ1) is 23.5. The third kappa shape index (κ3) is 4.82. The van der Waals surface area contributed by atoms with Crippen LogP contribution in [0.1, 0.15) is 32.6 Å². The summed E-state index contributed by atoms with van der Waals surface area (Å²) in [5, 5.41) is 1.98. The van der Waals surface area contributed by atoms with Gasteiger partial charge < -0.3 is 14.5 Å². The normalized spacial score (nSPS) is 19.2. The number of hydrogen-bond acceptors (Lipinski definition) is 7. The molecule has 0 aliphatic carbocycles. The molecule has 4 heterocycles. The number of carbonyl (C=O) groups excluding carboxylic acids is 2. The summed E-state index contributed by atoms with van der Waals surface area (Å²) in [6, 6.07) is 9.95. The predicted molar refractivity (Wildman–Crippen MR) is 137 cm³/mol. The van der Waals surface area contributed by atoms with Crippen LogP contribution >= 0.6 is 11.3 Å². The molecule has 9 heteroatoms. The van der Waals surface area contributed by atoms with Crippen LogP contribution in [0, 0.1) is 11.8 Å². The summed E-state index contributed by atoms with van der Waals surface area (Å²) in [5.74, 6) is 0.224. The minimum Gasteiger partial charge on any atom is -0.466 e. The van der Waals surface area contributed by atoms with Crippen molar-refractivity contribution in [2.45, 2.75) is 32.6 Å². The number of nitrogens with zero attached hydrogens (tertiary/aromatic N) is 3. The second-order valence-corrected chi connectivity index (χ2v) is 10.1. The van der Waals surface area contributed by atoms with Gasteiger partial charge in [0.15, 0.2) is 0 Å². The summed E-state index contributed by atoms with van der Waals surface area (Å²) in [5.41, 5.74) is 2.54. The molecule has 8 nitrogen and oxygen atoms in total. The third-order valence-electron chi connectivity index (χ3n) is 7.00. The van der Waals surface area contributed by atoms with Gasteiger partial charge in [-0.2, -0.15) is 0 Å². The summed E-state index contributed by atoms with van der Waals surface area (Å²) in [7, 11) is 0. The van der Waals surface area contributed by atoms with Crippen LogP contribution in [0.3, 0.4) is 0 Å². The van der Waals surface area contributed by atoms with Gasteiger partial charge >= 0.3 is 5.97 Å². The lowest BCUT2D eigenvalue weighted by Gasteiger charge is -2.37. The predicted octanol–water partition coefficient (Wildman–Crippen LogP) is 3.67. The summed E-state index contributed by atoms with van der Waals surface area (Å²) in [4.78, 5) is 49.9. The summed E-state index contributed by atoms with van der Waals surface area (Å²) in [6.07, 6.45) is 2.96. The minimum atomic E-state index is -0.155. The first-order chi connectivity index (χ1) is 17.0. The third-order valence-corrected chi connectivity index (χ3v) is 7.96. The molecule has 0 bridgehead atoms. The average molecular weight is 495 g/mol. The van der Waals surface area contributed by atoms with E-state index in [0.717, 1.165) is 30.5 Å². The lowest BCUT2D eigenvalue weighted by Crippen LogP contribution is -2.48. The number of ether oxygens (including phenoxy) is 1. The van der Waals surface area contributed by atoms with Gasteiger partial charge in [-0.1, -0.05) is 30.3 Å². The highest BCUT2D eigenvalue weighted by atomic mass is 32.1. The highest BCUT2D eigenvalue weighted by molar-refractivity contribution is 7.17.